The predicted molar refractivity (Wildman–Crippen MR) is 75.9 cm³/mol. The Bertz CT molecular complexity index is 390. The summed E-state index contributed by atoms with van der Waals surface area (Å²) in [5.41, 5.74) is 1.38. The maximum atomic E-state index is 5.95. The number of rotatable bonds is 2. The maximum Gasteiger partial charge on any atom is 0.0406 e. The second-order valence-electron chi connectivity index (χ2n) is 5.51. The van der Waals surface area contributed by atoms with Crippen molar-refractivity contribution < 1.29 is 0 Å². The van der Waals surface area contributed by atoms with Crippen LogP contribution in [0.15, 0.2) is 24.3 Å². The van der Waals surface area contributed by atoms with Gasteiger partial charge in [0.15, 0.2) is 0 Å². The molecule has 2 heterocycles. The quantitative estimate of drug-likeness (QED) is 0.883. The Labute approximate surface area is 114 Å². The number of likely N-dealkylation sites (tertiary alicyclic amines) is 1. The molecule has 2 unspecified atom stereocenters. The largest absolute Gasteiger partial charge is 0.312 e. The third kappa shape index (κ3) is 2.71. The molecule has 2 aliphatic rings. The van der Waals surface area contributed by atoms with Crippen LogP contribution in [0.25, 0.3) is 0 Å². The molecule has 2 nitrogen and oxygen atoms in total. The molecule has 2 fully saturated rings. The summed E-state index contributed by atoms with van der Waals surface area (Å²) in [5.74, 6) is 0. The molecular weight excluding hydrogens is 244 g/mol. The van der Waals surface area contributed by atoms with Crippen molar-refractivity contribution in [3.63, 3.8) is 0 Å². The summed E-state index contributed by atoms with van der Waals surface area (Å²) in [5, 5.41) is 4.49. The van der Waals surface area contributed by atoms with E-state index in [1.807, 2.05) is 12.1 Å². The molecule has 2 aliphatic heterocycles. The fraction of sp³-hybridized carbons (Fsp3) is 0.600. The molecule has 3 rings (SSSR count). The lowest BCUT2D eigenvalue weighted by Crippen LogP contribution is -2.41. The molecule has 0 spiro atoms. The molecule has 3 heteroatoms. The van der Waals surface area contributed by atoms with Crippen molar-refractivity contribution in [1.29, 1.82) is 0 Å². The number of benzene rings is 1. The minimum Gasteiger partial charge on any atom is -0.312 e. The Kier molecular flexibility index (Phi) is 3.88. The highest BCUT2D eigenvalue weighted by atomic mass is 35.5. The van der Waals surface area contributed by atoms with E-state index in [4.69, 9.17) is 11.6 Å². The van der Waals surface area contributed by atoms with Crippen LogP contribution in [-0.2, 0) is 6.54 Å². The number of fused-ring (bicyclic) bond motifs is 1. The van der Waals surface area contributed by atoms with Gasteiger partial charge in [-0.15, -0.1) is 0 Å². The van der Waals surface area contributed by atoms with Crippen molar-refractivity contribution in [2.75, 3.05) is 13.1 Å². The van der Waals surface area contributed by atoms with Crippen molar-refractivity contribution in [3.8, 4) is 0 Å². The van der Waals surface area contributed by atoms with Gasteiger partial charge in [0, 0.05) is 23.7 Å². The van der Waals surface area contributed by atoms with Crippen molar-refractivity contribution in [3.05, 3.63) is 34.9 Å². The van der Waals surface area contributed by atoms with Crippen LogP contribution >= 0.6 is 11.6 Å². The zero-order valence-electron chi connectivity index (χ0n) is 10.7. The van der Waals surface area contributed by atoms with Gasteiger partial charge in [-0.25, -0.2) is 0 Å². The van der Waals surface area contributed by atoms with Crippen molar-refractivity contribution in [2.45, 2.75) is 44.3 Å². The van der Waals surface area contributed by atoms with E-state index >= 15 is 0 Å². The molecule has 0 aliphatic carbocycles. The molecule has 1 aromatic carbocycles. The van der Waals surface area contributed by atoms with Crippen molar-refractivity contribution in [2.24, 2.45) is 0 Å². The van der Waals surface area contributed by atoms with E-state index in [1.165, 1.54) is 44.3 Å². The van der Waals surface area contributed by atoms with E-state index in [-0.39, 0.29) is 0 Å². The van der Waals surface area contributed by atoms with Crippen LogP contribution in [-0.4, -0.2) is 30.1 Å². The molecule has 2 atom stereocenters. The smallest absolute Gasteiger partial charge is 0.0406 e. The third-order valence-electron chi connectivity index (χ3n) is 4.29. The predicted octanol–water partition coefficient (Wildman–Crippen LogP) is 3.06. The van der Waals surface area contributed by atoms with Crippen molar-refractivity contribution in [1.82, 2.24) is 10.2 Å². The normalized spacial score (nSPS) is 28.9. The highest BCUT2D eigenvalue weighted by molar-refractivity contribution is 6.30. The molecular formula is C15H21ClN2. The van der Waals surface area contributed by atoms with E-state index < -0.39 is 0 Å². The fourth-order valence-corrected chi connectivity index (χ4v) is 3.48. The molecule has 1 aromatic rings. The third-order valence-corrected chi connectivity index (χ3v) is 4.54. The summed E-state index contributed by atoms with van der Waals surface area (Å²) < 4.78 is 0. The lowest BCUT2D eigenvalue weighted by atomic mass is 10.0. The minimum atomic E-state index is 0.722. The van der Waals surface area contributed by atoms with Crippen molar-refractivity contribution >= 4 is 11.6 Å². The lowest BCUT2D eigenvalue weighted by molar-refractivity contribution is 0.186. The summed E-state index contributed by atoms with van der Waals surface area (Å²) in [6, 6.07) is 9.77. The van der Waals surface area contributed by atoms with Gasteiger partial charge in [-0.3, -0.25) is 4.90 Å². The number of nitrogens with one attached hydrogen (secondary N) is 1. The van der Waals surface area contributed by atoms with Gasteiger partial charge in [-0.05, 0) is 50.0 Å². The number of hydrogen-bond acceptors (Lipinski definition) is 2. The van der Waals surface area contributed by atoms with E-state index in [1.54, 1.807) is 0 Å². The van der Waals surface area contributed by atoms with Gasteiger partial charge in [0.05, 0.1) is 0 Å². The molecule has 18 heavy (non-hydrogen) atoms. The van der Waals surface area contributed by atoms with E-state index in [0.717, 1.165) is 23.7 Å². The zero-order chi connectivity index (χ0) is 12.4. The SMILES string of the molecule is Clc1ccc(CN2CCCCC3NCCC32)cc1. The topological polar surface area (TPSA) is 15.3 Å². The summed E-state index contributed by atoms with van der Waals surface area (Å²) in [4.78, 5) is 2.67. The fourth-order valence-electron chi connectivity index (χ4n) is 3.35. The Morgan fingerprint density at radius 3 is 2.83 bits per heavy atom. The summed E-state index contributed by atoms with van der Waals surface area (Å²) in [6.07, 6.45) is 5.35. The molecule has 0 bridgehead atoms. The first-order chi connectivity index (χ1) is 8.83. The first-order valence-corrected chi connectivity index (χ1v) is 7.42. The second-order valence-corrected chi connectivity index (χ2v) is 5.95. The average Bonchev–Trinajstić information content (AvgIpc) is 2.76. The van der Waals surface area contributed by atoms with E-state index in [2.05, 4.69) is 22.3 Å². The number of hydrogen-bond donors (Lipinski definition) is 1. The van der Waals surface area contributed by atoms with Gasteiger partial charge < -0.3 is 5.32 Å². The molecule has 0 saturated carbocycles. The molecule has 98 valence electrons. The molecule has 1 N–H and O–H groups in total. The number of nitrogens with zero attached hydrogens (tertiary/aromatic N) is 1. The van der Waals surface area contributed by atoms with Gasteiger partial charge in [0.1, 0.15) is 0 Å². The number of halogens is 1. The van der Waals surface area contributed by atoms with Crippen LogP contribution in [0.2, 0.25) is 5.02 Å². The maximum absolute atomic E-state index is 5.95. The molecule has 0 aromatic heterocycles. The molecule has 0 radical (unpaired) electrons. The lowest BCUT2D eigenvalue weighted by Gasteiger charge is -2.30. The minimum absolute atomic E-state index is 0.722. The first-order valence-electron chi connectivity index (χ1n) is 7.05. The van der Waals surface area contributed by atoms with Crippen LogP contribution in [0.4, 0.5) is 0 Å². The summed E-state index contributed by atoms with van der Waals surface area (Å²) >= 11 is 5.95. The van der Waals surface area contributed by atoms with Gasteiger partial charge in [-0.1, -0.05) is 30.2 Å². The Balaban J connectivity index is 1.71. The van der Waals surface area contributed by atoms with Crippen LogP contribution in [0.1, 0.15) is 31.2 Å². The highest BCUT2D eigenvalue weighted by Gasteiger charge is 2.32. The summed E-state index contributed by atoms with van der Waals surface area (Å²) in [6.45, 7) is 3.50. The van der Waals surface area contributed by atoms with Crippen LogP contribution in [0, 0.1) is 0 Å². The zero-order valence-corrected chi connectivity index (χ0v) is 11.5. The molecule has 0 amide bonds. The van der Waals surface area contributed by atoms with Gasteiger partial charge in [0.2, 0.25) is 0 Å². The first kappa shape index (κ1) is 12.5. The Morgan fingerprint density at radius 1 is 1.17 bits per heavy atom. The monoisotopic (exact) mass is 264 g/mol. The standard InChI is InChI=1S/C15H21ClN2/c16-13-6-4-12(5-7-13)11-18-10-2-1-3-14-15(18)8-9-17-14/h4-7,14-15,17H,1-3,8-11H2. The van der Waals surface area contributed by atoms with E-state index in [9.17, 15) is 0 Å². The highest BCUT2D eigenvalue weighted by Crippen LogP contribution is 2.25. The van der Waals surface area contributed by atoms with Gasteiger partial charge in [-0.2, -0.15) is 0 Å². The Hall–Kier alpha value is -0.570. The van der Waals surface area contributed by atoms with E-state index in [0.29, 0.717) is 0 Å². The Morgan fingerprint density at radius 2 is 2.00 bits per heavy atom. The average molecular weight is 265 g/mol. The van der Waals surface area contributed by atoms with Gasteiger partial charge >= 0.3 is 0 Å². The molecule has 2 saturated heterocycles. The van der Waals surface area contributed by atoms with Crippen LogP contribution in [0.5, 0.6) is 0 Å². The van der Waals surface area contributed by atoms with Crippen LogP contribution < -0.4 is 5.32 Å². The summed E-state index contributed by atoms with van der Waals surface area (Å²) in [7, 11) is 0. The van der Waals surface area contributed by atoms with Crippen LogP contribution in [0.3, 0.4) is 0 Å². The van der Waals surface area contributed by atoms with Gasteiger partial charge in [0.25, 0.3) is 0 Å². The second kappa shape index (κ2) is 5.60.